The van der Waals surface area contributed by atoms with Crippen LogP contribution in [0, 0.1) is 19.8 Å². The number of pyridine rings is 2. The van der Waals surface area contributed by atoms with Crippen LogP contribution in [0.5, 0.6) is 0 Å². The molecule has 7 nitrogen and oxygen atoms in total. The average molecular weight is 498 g/mol. The van der Waals surface area contributed by atoms with Crippen LogP contribution in [-0.2, 0) is 16.0 Å². The van der Waals surface area contributed by atoms with E-state index in [1.807, 2.05) is 23.7 Å². The van der Waals surface area contributed by atoms with Gasteiger partial charge in [0.25, 0.3) is 0 Å². The number of esters is 1. The van der Waals surface area contributed by atoms with Crippen molar-refractivity contribution >= 4 is 17.0 Å². The maximum Gasteiger partial charge on any atom is 0.306 e. The van der Waals surface area contributed by atoms with Crippen molar-refractivity contribution in [1.82, 2.24) is 24.6 Å². The Hall–Kier alpha value is -3.58. The van der Waals surface area contributed by atoms with E-state index in [2.05, 4.69) is 64.4 Å². The second-order valence-electron chi connectivity index (χ2n) is 10.2. The van der Waals surface area contributed by atoms with Gasteiger partial charge in [-0.15, -0.1) is 0 Å². The zero-order valence-corrected chi connectivity index (χ0v) is 21.9. The first-order chi connectivity index (χ1) is 18.0. The number of carbonyl (C=O) groups is 1. The number of benzene rings is 1. The summed E-state index contributed by atoms with van der Waals surface area (Å²) >= 11 is 0. The molecule has 5 rings (SSSR count). The van der Waals surface area contributed by atoms with Gasteiger partial charge in [0.1, 0.15) is 0 Å². The van der Waals surface area contributed by atoms with Gasteiger partial charge < -0.3 is 9.64 Å². The first-order valence-corrected chi connectivity index (χ1v) is 13.1. The van der Waals surface area contributed by atoms with Crippen molar-refractivity contribution in [2.45, 2.75) is 45.4 Å². The topological polar surface area (TPSA) is 73.1 Å². The van der Waals surface area contributed by atoms with Gasteiger partial charge in [-0.3, -0.25) is 4.79 Å². The molecule has 0 radical (unpaired) electrons. The smallest absolute Gasteiger partial charge is 0.306 e. The van der Waals surface area contributed by atoms with Crippen LogP contribution < -0.4 is 0 Å². The van der Waals surface area contributed by atoms with E-state index >= 15 is 0 Å². The number of hydrogen-bond acceptors (Lipinski definition) is 6. The zero-order valence-electron chi connectivity index (χ0n) is 21.9. The maximum atomic E-state index is 12.3. The number of nitrogens with zero attached hydrogens (tertiary/aromatic N) is 5. The molecule has 3 aromatic heterocycles. The van der Waals surface area contributed by atoms with E-state index in [-0.39, 0.29) is 11.9 Å². The van der Waals surface area contributed by atoms with Gasteiger partial charge in [-0.05, 0) is 93.6 Å². The minimum Gasteiger partial charge on any atom is -0.469 e. The molecule has 1 aromatic carbocycles. The largest absolute Gasteiger partial charge is 0.469 e. The highest BCUT2D eigenvalue weighted by atomic mass is 16.5. The van der Waals surface area contributed by atoms with Gasteiger partial charge >= 0.3 is 5.97 Å². The molecular formula is C30H35N5O2. The lowest BCUT2D eigenvalue weighted by molar-refractivity contribution is -0.141. The fourth-order valence-corrected chi connectivity index (χ4v) is 5.48. The number of likely N-dealkylation sites (tertiary alicyclic amines) is 1. The van der Waals surface area contributed by atoms with Gasteiger partial charge in [0.15, 0.2) is 5.65 Å². The summed E-state index contributed by atoms with van der Waals surface area (Å²) in [5, 5.41) is 5.72. The predicted molar refractivity (Wildman–Crippen MR) is 145 cm³/mol. The third-order valence-corrected chi connectivity index (χ3v) is 7.42. The molecule has 1 saturated heterocycles. The Kier molecular flexibility index (Phi) is 7.60. The molecule has 37 heavy (non-hydrogen) atoms. The molecule has 0 aliphatic carbocycles. The molecule has 0 bridgehead atoms. The van der Waals surface area contributed by atoms with Gasteiger partial charge in [-0.2, -0.15) is 5.10 Å². The highest BCUT2D eigenvalue weighted by molar-refractivity contribution is 5.74. The van der Waals surface area contributed by atoms with Crippen molar-refractivity contribution in [3.63, 3.8) is 0 Å². The van der Waals surface area contributed by atoms with Gasteiger partial charge in [0.05, 0.1) is 24.9 Å². The van der Waals surface area contributed by atoms with Crippen molar-refractivity contribution < 1.29 is 9.53 Å². The van der Waals surface area contributed by atoms with Gasteiger partial charge in [0, 0.05) is 42.0 Å². The fourth-order valence-electron chi connectivity index (χ4n) is 5.48. The number of hydrogen-bond donors (Lipinski definition) is 0. The quantitative estimate of drug-likeness (QED) is 0.302. The van der Waals surface area contributed by atoms with Crippen molar-refractivity contribution in [2.24, 2.45) is 5.92 Å². The second kappa shape index (κ2) is 11.2. The molecule has 2 atom stereocenters. The fraction of sp³-hybridized carbons (Fsp3) is 0.400. The van der Waals surface area contributed by atoms with Gasteiger partial charge in [-0.1, -0.05) is 12.1 Å². The van der Waals surface area contributed by atoms with Gasteiger partial charge in [0.2, 0.25) is 0 Å². The van der Waals surface area contributed by atoms with Crippen molar-refractivity contribution in [3.8, 4) is 5.69 Å². The molecule has 1 aliphatic rings. The van der Waals surface area contributed by atoms with Crippen LogP contribution in [0.15, 0.2) is 60.8 Å². The van der Waals surface area contributed by atoms with Crippen LogP contribution in [0.2, 0.25) is 0 Å². The molecule has 7 heteroatoms. The minimum absolute atomic E-state index is 0.0661. The Morgan fingerprint density at radius 2 is 2.03 bits per heavy atom. The SMILES string of the molecule is COC(=O)CC(CN1CCC(CCc2ccc3cccnc3n2)C1)c1cccc(-n2nc(C)cc2C)c1. The standard InChI is InChI=1S/C30H35N5O2/c1-21-16-22(2)35(33-21)28-8-4-6-25(17-28)26(18-29(36)37-3)20-34-15-13-23(19-34)9-11-27-12-10-24-7-5-14-31-30(24)32-27/h4-8,10,12,14,16-17,23,26H,9,11,13,15,18-20H2,1-3H3. The summed E-state index contributed by atoms with van der Waals surface area (Å²) < 4.78 is 7.02. The van der Waals surface area contributed by atoms with Crippen LogP contribution in [0.3, 0.4) is 0 Å². The summed E-state index contributed by atoms with van der Waals surface area (Å²) in [5.41, 5.74) is 6.18. The summed E-state index contributed by atoms with van der Waals surface area (Å²) in [5.74, 6) is 0.519. The van der Waals surface area contributed by atoms with E-state index < -0.39 is 0 Å². The molecule has 0 N–H and O–H groups in total. The van der Waals surface area contributed by atoms with Crippen LogP contribution >= 0.6 is 0 Å². The van der Waals surface area contributed by atoms with Crippen molar-refractivity contribution in [2.75, 3.05) is 26.7 Å². The molecule has 0 saturated carbocycles. The van der Waals surface area contributed by atoms with Crippen LogP contribution in [0.25, 0.3) is 16.7 Å². The predicted octanol–water partition coefficient (Wildman–Crippen LogP) is 5.03. The van der Waals surface area contributed by atoms with E-state index in [9.17, 15) is 4.79 Å². The summed E-state index contributed by atoms with van der Waals surface area (Å²) in [7, 11) is 1.47. The number of ether oxygens (including phenoxy) is 1. The van der Waals surface area contributed by atoms with E-state index in [1.54, 1.807) is 6.20 Å². The van der Waals surface area contributed by atoms with Crippen LogP contribution in [0.1, 0.15) is 47.8 Å². The monoisotopic (exact) mass is 497 g/mol. The average Bonchev–Trinajstić information content (AvgIpc) is 3.51. The van der Waals surface area contributed by atoms with Crippen LogP contribution in [0.4, 0.5) is 0 Å². The highest BCUT2D eigenvalue weighted by Gasteiger charge is 2.27. The lowest BCUT2D eigenvalue weighted by Gasteiger charge is -2.24. The van der Waals surface area contributed by atoms with Crippen LogP contribution in [-0.4, -0.2) is 57.4 Å². The molecular weight excluding hydrogens is 462 g/mol. The Labute approximate surface area is 218 Å². The zero-order chi connectivity index (χ0) is 25.8. The van der Waals surface area contributed by atoms with Crippen molar-refractivity contribution in [3.05, 3.63) is 83.4 Å². The number of fused-ring (bicyclic) bond motifs is 1. The molecule has 4 heterocycles. The first kappa shape index (κ1) is 25.1. The maximum absolute atomic E-state index is 12.3. The molecule has 0 spiro atoms. The third-order valence-electron chi connectivity index (χ3n) is 7.42. The minimum atomic E-state index is -0.173. The summed E-state index contributed by atoms with van der Waals surface area (Å²) in [6.45, 7) is 6.99. The number of aryl methyl sites for hydroxylation is 3. The third kappa shape index (κ3) is 6.05. The van der Waals surface area contributed by atoms with E-state index in [0.717, 1.165) is 71.8 Å². The lowest BCUT2D eigenvalue weighted by atomic mass is 9.94. The normalized spacial score (nSPS) is 16.8. The number of aromatic nitrogens is 4. The summed E-state index contributed by atoms with van der Waals surface area (Å²) in [6.07, 6.45) is 5.40. The first-order valence-electron chi connectivity index (χ1n) is 13.1. The number of carbonyl (C=O) groups excluding carboxylic acids is 1. The molecule has 1 aliphatic heterocycles. The molecule has 1 fully saturated rings. The molecule has 4 aromatic rings. The second-order valence-corrected chi connectivity index (χ2v) is 10.2. The van der Waals surface area contributed by atoms with Gasteiger partial charge in [-0.25, -0.2) is 14.6 Å². The summed E-state index contributed by atoms with van der Waals surface area (Å²) in [6, 6.07) is 18.7. The number of rotatable bonds is 9. The highest BCUT2D eigenvalue weighted by Crippen LogP contribution is 2.28. The Bertz CT molecular complexity index is 1380. The molecule has 0 amide bonds. The number of methoxy groups -OCH3 is 1. The van der Waals surface area contributed by atoms with Crippen molar-refractivity contribution in [1.29, 1.82) is 0 Å². The Morgan fingerprint density at radius 1 is 1.14 bits per heavy atom. The summed E-state index contributed by atoms with van der Waals surface area (Å²) in [4.78, 5) is 24.0. The Balaban J connectivity index is 1.24. The molecule has 192 valence electrons. The molecule has 2 unspecified atom stereocenters. The van der Waals surface area contributed by atoms with E-state index in [1.165, 1.54) is 13.5 Å². The van der Waals surface area contributed by atoms with E-state index in [4.69, 9.17) is 9.72 Å². The lowest BCUT2D eigenvalue weighted by Crippen LogP contribution is -2.28. The van der Waals surface area contributed by atoms with E-state index in [0.29, 0.717) is 12.3 Å². The Morgan fingerprint density at radius 3 is 2.84 bits per heavy atom.